The van der Waals surface area contributed by atoms with Crippen LogP contribution in [-0.2, 0) is 26.5 Å². The van der Waals surface area contributed by atoms with Crippen molar-refractivity contribution in [1.82, 2.24) is 9.97 Å². The number of hydrogen-bond donors (Lipinski definition) is 0. The molecular weight excluding hydrogens is 741 g/mol. The molecule has 0 atom stereocenters. The SMILES string of the molecule is CC(C)c1cc(-c2[c-]ccc(-c3ccccc3)c2)ncc1[Si](C)(C)C.[Ir].[c-]1ccccc1-c1cc(Cc2ccccc2)ccn1. The second-order valence-electron chi connectivity index (χ2n) is 12.4. The van der Waals surface area contributed by atoms with Crippen molar-refractivity contribution in [1.29, 1.82) is 0 Å². The summed E-state index contributed by atoms with van der Waals surface area (Å²) in [4.78, 5) is 9.22. The standard InChI is InChI=1S/C23H26NSi.C18H14N.Ir/c1-17(2)21-15-22(24-16-23(21)25(3,4)5)20-13-9-12-19(14-20)18-10-7-6-8-11-18;1-3-7-15(8-4-1)13-16-11-12-19-18(14-16)17-9-5-2-6-10-17;/h6-12,14-17H,1-5H3;1-9,11-12,14H,13H2;/q2*-1;. The summed E-state index contributed by atoms with van der Waals surface area (Å²) >= 11 is 0. The van der Waals surface area contributed by atoms with Crippen molar-refractivity contribution in [2.45, 2.75) is 45.8 Å². The van der Waals surface area contributed by atoms with E-state index < -0.39 is 8.07 Å². The Morgan fingerprint density at radius 1 is 0.622 bits per heavy atom. The van der Waals surface area contributed by atoms with Crippen LogP contribution in [-0.4, -0.2) is 18.0 Å². The molecule has 0 amide bonds. The van der Waals surface area contributed by atoms with E-state index in [4.69, 9.17) is 4.98 Å². The number of benzene rings is 4. The molecule has 6 aromatic rings. The van der Waals surface area contributed by atoms with Crippen molar-refractivity contribution in [3.05, 3.63) is 163 Å². The van der Waals surface area contributed by atoms with Crippen LogP contribution in [0.15, 0.2) is 134 Å². The van der Waals surface area contributed by atoms with Gasteiger partial charge in [0.2, 0.25) is 0 Å². The van der Waals surface area contributed by atoms with E-state index in [1.54, 1.807) is 0 Å². The molecule has 45 heavy (non-hydrogen) atoms. The molecule has 0 spiro atoms. The third-order valence-electron chi connectivity index (χ3n) is 7.61. The van der Waals surface area contributed by atoms with Crippen LogP contribution in [0.25, 0.3) is 33.6 Å². The third kappa shape index (κ3) is 9.28. The Morgan fingerprint density at radius 2 is 1.29 bits per heavy atom. The number of rotatable bonds is 7. The van der Waals surface area contributed by atoms with Crippen molar-refractivity contribution in [2.24, 2.45) is 0 Å². The fourth-order valence-electron chi connectivity index (χ4n) is 5.26. The summed E-state index contributed by atoms with van der Waals surface area (Å²) in [6, 6.07) is 48.3. The van der Waals surface area contributed by atoms with Crippen LogP contribution >= 0.6 is 0 Å². The summed E-state index contributed by atoms with van der Waals surface area (Å²) in [5.41, 5.74) is 10.5. The molecule has 0 aliphatic rings. The first-order valence-corrected chi connectivity index (χ1v) is 18.8. The average Bonchev–Trinajstić information content (AvgIpc) is 3.06. The van der Waals surface area contributed by atoms with Crippen molar-refractivity contribution < 1.29 is 20.1 Å². The van der Waals surface area contributed by atoms with Crippen molar-refractivity contribution in [3.8, 4) is 33.6 Å². The van der Waals surface area contributed by atoms with Gasteiger partial charge in [0.15, 0.2) is 0 Å². The summed E-state index contributed by atoms with van der Waals surface area (Å²) < 4.78 is 0. The zero-order valence-electron chi connectivity index (χ0n) is 26.7. The van der Waals surface area contributed by atoms with Gasteiger partial charge in [-0.2, -0.15) is 0 Å². The van der Waals surface area contributed by atoms with E-state index in [0.717, 1.165) is 28.9 Å². The number of aromatic nitrogens is 2. The topological polar surface area (TPSA) is 25.8 Å². The molecule has 2 nitrogen and oxygen atoms in total. The second kappa shape index (κ2) is 15.9. The monoisotopic (exact) mass is 781 g/mol. The Kier molecular flexibility index (Phi) is 12.0. The molecule has 0 aliphatic heterocycles. The quantitative estimate of drug-likeness (QED) is 0.119. The van der Waals surface area contributed by atoms with Gasteiger partial charge in [-0.1, -0.05) is 112 Å². The van der Waals surface area contributed by atoms with Gasteiger partial charge in [-0.3, -0.25) is 0 Å². The number of pyridine rings is 2. The van der Waals surface area contributed by atoms with Crippen molar-refractivity contribution in [2.75, 3.05) is 0 Å². The molecule has 2 heterocycles. The fraction of sp³-hybridized carbons (Fsp3) is 0.171. The van der Waals surface area contributed by atoms with Gasteiger partial charge in [0.05, 0.1) is 8.07 Å². The maximum absolute atomic E-state index is 4.80. The molecule has 0 saturated heterocycles. The third-order valence-corrected chi connectivity index (χ3v) is 9.64. The predicted octanol–water partition coefficient (Wildman–Crippen LogP) is 10.0. The molecule has 0 N–H and O–H groups in total. The zero-order chi connectivity index (χ0) is 30.9. The Morgan fingerprint density at radius 3 is 1.96 bits per heavy atom. The second-order valence-corrected chi connectivity index (χ2v) is 17.4. The summed E-state index contributed by atoms with van der Waals surface area (Å²) in [6.45, 7) is 11.7. The smallest absolute Gasteiger partial charge is 0.0799 e. The summed E-state index contributed by atoms with van der Waals surface area (Å²) in [6.07, 6.45) is 4.91. The largest absolute Gasteiger partial charge is 0.305 e. The summed E-state index contributed by atoms with van der Waals surface area (Å²) in [7, 11) is -1.40. The number of nitrogens with zero attached hydrogens (tertiary/aromatic N) is 2. The summed E-state index contributed by atoms with van der Waals surface area (Å²) in [5, 5.41) is 1.46. The van der Waals surface area contributed by atoms with E-state index >= 15 is 0 Å². The Balaban J connectivity index is 0.000000207. The molecule has 1 radical (unpaired) electrons. The van der Waals surface area contributed by atoms with E-state index in [2.05, 4.69) is 136 Å². The Hall–Kier alpha value is -3.95. The van der Waals surface area contributed by atoms with Gasteiger partial charge in [-0.05, 0) is 51.7 Å². The predicted molar refractivity (Wildman–Crippen MR) is 189 cm³/mol. The van der Waals surface area contributed by atoms with Gasteiger partial charge < -0.3 is 9.97 Å². The van der Waals surface area contributed by atoms with Crippen LogP contribution in [0.5, 0.6) is 0 Å². The summed E-state index contributed by atoms with van der Waals surface area (Å²) in [5.74, 6) is 0.501. The molecule has 229 valence electrons. The molecule has 0 fully saturated rings. The first-order valence-electron chi connectivity index (χ1n) is 15.3. The van der Waals surface area contributed by atoms with Crippen LogP contribution in [0.4, 0.5) is 0 Å². The fourth-order valence-corrected chi connectivity index (χ4v) is 6.94. The molecule has 4 aromatic carbocycles. The first kappa shape index (κ1) is 33.9. The minimum atomic E-state index is -1.40. The van der Waals surface area contributed by atoms with E-state index in [0.29, 0.717) is 5.92 Å². The van der Waals surface area contributed by atoms with E-state index in [9.17, 15) is 0 Å². The van der Waals surface area contributed by atoms with E-state index in [1.165, 1.54) is 33.0 Å². The molecule has 0 unspecified atom stereocenters. The Bertz CT molecular complexity index is 1780. The maximum Gasteiger partial charge on any atom is 0.0799 e. The van der Waals surface area contributed by atoms with Gasteiger partial charge in [0.1, 0.15) is 0 Å². The Labute approximate surface area is 284 Å². The van der Waals surface area contributed by atoms with Gasteiger partial charge in [-0.15, -0.1) is 71.3 Å². The van der Waals surface area contributed by atoms with Crippen molar-refractivity contribution in [3.63, 3.8) is 0 Å². The molecule has 2 aromatic heterocycles. The number of hydrogen-bond acceptors (Lipinski definition) is 2. The molecule has 6 rings (SSSR count). The van der Waals surface area contributed by atoms with Crippen molar-refractivity contribution >= 4 is 13.3 Å². The van der Waals surface area contributed by atoms with E-state index in [-0.39, 0.29) is 20.1 Å². The molecule has 0 saturated carbocycles. The average molecular weight is 781 g/mol. The van der Waals surface area contributed by atoms with Gasteiger partial charge >= 0.3 is 0 Å². The zero-order valence-corrected chi connectivity index (χ0v) is 30.1. The molecular formula is C41H40IrN2Si-2. The van der Waals surface area contributed by atoms with Gasteiger partial charge in [0, 0.05) is 32.5 Å². The van der Waals surface area contributed by atoms with Crippen LogP contribution in [0, 0.1) is 12.1 Å². The van der Waals surface area contributed by atoms with Crippen LogP contribution < -0.4 is 5.19 Å². The van der Waals surface area contributed by atoms with Crippen LogP contribution in [0.3, 0.4) is 0 Å². The first-order chi connectivity index (χ1) is 21.3. The van der Waals surface area contributed by atoms with Gasteiger partial charge in [0.25, 0.3) is 0 Å². The molecule has 0 aliphatic carbocycles. The van der Waals surface area contributed by atoms with E-state index in [1.807, 2.05) is 48.7 Å². The van der Waals surface area contributed by atoms with Crippen LogP contribution in [0.1, 0.15) is 36.5 Å². The minimum Gasteiger partial charge on any atom is -0.305 e. The van der Waals surface area contributed by atoms with Crippen LogP contribution in [0.2, 0.25) is 19.6 Å². The maximum atomic E-state index is 4.80. The minimum absolute atomic E-state index is 0. The molecule has 0 bridgehead atoms. The van der Waals surface area contributed by atoms with Gasteiger partial charge in [-0.25, -0.2) is 0 Å². The normalized spacial score (nSPS) is 10.9. The molecule has 4 heteroatoms.